The molecule has 1 saturated heterocycles. The molecule has 0 bridgehead atoms. The molecule has 0 aromatic heterocycles. The molecule has 10 nitrogen and oxygen atoms in total. The summed E-state index contributed by atoms with van der Waals surface area (Å²) in [7, 11) is 1.76. The number of carbonyl (C=O) groups excluding carboxylic acids is 4. The van der Waals surface area contributed by atoms with Crippen LogP contribution in [0.5, 0.6) is 0 Å². The third-order valence-electron chi connectivity index (χ3n) is 7.96. The van der Waals surface area contributed by atoms with Crippen molar-refractivity contribution in [2.75, 3.05) is 39.1 Å². The Morgan fingerprint density at radius 1 is 1.05 bits per heavy atom. The number of thioether (sulfide) groups is 1. The van der Waals surface area contributed by atoms with Crippen LogP contribution in [-0.4, -0.2) is 80.7 Å². The molecule has 0 saturated carbocycles. The van der Waals surface area contributed by atoms with Gasteiger partial charge in [-0.2, -0.15) is 11.8 Å². The zero-order valence-electron chi connectivity index (χ0n) is 26.6. The van der Waals surface area contributed by atoms with Gasteiger partial charge in [0.15, 0.2) is 0 Å². The summed E-state index contributed by atoms with van der Waals surface area (Å²) in [6.07, 6.45) is 3.67. The monoisotopic (exact) mass is 619 g/mol. The van der Waals surface area contributed by atoms with Gasteiger partial charge in [0.1, 0.15) is 23.9 Å². The number of hydrogen-bond donors (Lipinski definition) is 5. The van der Waals surface area contributed by atoms with Gasteiger partial charge in [0.05, 0.1) is 0 Å². The van der Waals surface area contributed by atoms with Gasteiger partial charge in [0.2, 0.25) is 17.7 Å². The van der Waals surface area contributed by atoms with Gasteiger partial charge in [-0.3, -0.25) is 14.4 Å². The molecule has 0 spiro atoms. The fraction of sp³-hybridized carbons (Fsp3) is 0.688. The summed E-state index contributed by atoms with van der Waals surface area (Å²) in [5.74, 6) is 0.892. The van der Waals surface area contributed by atoms with Crippen molar-refractivity contribution in [2.24, 2.45) is 11.8 Å². The molecule has 1 heterocycles. The molecule has 2 rings (SSSR count). The maximum absolute atomic E-state index is 13.5. The Morgan fingerprint density at radius 2 is 1.77 bits per heavy atom. The highest BCUT2D eigenvalue weighted by Crippen LogP contribution is 2.21. The van der Waals surface area contributed by atoms with E-state index in [9.17, 15) is 19.2 Å². The van der Waals surface area contributed by atoms with Gasteiger partial charge < -0.3 is 36.1 Å². The van der Waals surface area contributed by atoms with Gasteiger partial charge >= 0.3 is 0 Å². The highest BCUT2D eigenvalue weighted by molar-refractivity contribution is 7.98. The summed E-state index contributed by atoms with van der Waals surface area (Å²) in [5.41, 5.74) is 1.61. The van der Waals surface area contributed by atoms with Crippen LogP contribution < -0.4 is 26.6 Å². The standard InChI is InChI=1S/C32H53N5O5S/c1-6-24(4)28(30(40)35-14-18-43-22-26-10-7-9-25(20-26)21-34-13-8-15-38)37-29(39)27(19-23(2)3)36-31(41)32(33-5)11-16-42-17-12-32/h7,9-10,15,20,23-24,27-28,33-34H,6,8,11-14,16-19,21-22H2,1-5H3,(H,35,40)(H,36,41)(H,37,39)/t24-,27-,28-/m0/s1. The average Bonchev–Trinajstić information content (AvgIpc) is 3.01. The first-order valence-corrected chi connectivity index (χ1v) is 16.8. The molecule has 0 unspecified atom stereocenters. The van der Waals surface area contributed by atoms with E-state index in [1.54, 1.807) is 18.8 Å². The number of benzene rings is 1. The SMILES string of the molecule is CC[C@H](C)[C@H](NC(=O)[C@H](CC(C)C)NC(=O)C1(NC)CCOCC1)C(=O)NCCSCc1cccc(CNCCC=O)c1. The summed E-state index contributed by atoms with van der Waals surface area (Å²) >= 11 is 1.73. The van der Waals surface area contributed by atoms with E-state index in [0.29, 0.717) is 52.0 Å². The third-order valence-corrected chi connectivity index (χ3v) is 8.99. The maximum Gasteiger partial charge on any atom is 0.243 e. The lowest BCUT2D eigenvalue weighted by Gasteiger charge is -2.37. The minimum Gasteiger partial charge on any atom is -0.381 e. The fourth-order valence-electron chi connectivity index (χ4n) is 5.04. The first-order valence-electron chi connectivity index (χ1n) is 15.6. The van der Waals surface area contributed by atoms with Crippen LogP contribution in [0.4, 0.5) is 0 Å². The molecular weight excluding hydrogens is 566 g/mol. The van der Waals surface area contributed by atoms with Gasteiger partial charge in [-0.05, 0) is 49.3 Å². The average molecular weight is 620 g/mol. The van der Waals surface area contributed by atoms with Crippen LogP contribution in [0.1, 0.15) is 70.9 Å². The molecular formula is C32H53N5O5S. The second-order valence-corrected chi connectivity index (χ2v) is 12.9. The minimum atomic E-state index is -0.770. The van der Waals surface area contributed by atoms with E-state index in [-0.39, 0.29) is 29.6 Å². The lowest BCUT2D eigenvalue weighted by Crippen LogP contribution is -2.63. The van der Waals surface area contributed by atoms with Crippen LogP contribution in [0.25, 0.3) is 0 Å². The first-order chi connectivity index (χ1) is 20.7. The van der Waals surface area contributed by atoms with Crippen molar-refractivity contribution in [2.45, 2.75) is 89.7 Å². The Bertz CT molecular complexity index is 1020. The molecule has 3 amide bonds. The highest BCUT2D eigenvalue weighted by Gasteiger charge is 2.40. The van der Waals surface area contributed by atoms with Crippen LogP contribution in [0.2, 0.25) is 0 Å². The number of aldehydes is 1. The van der Waals surface area contributed by atoms with Gasteiger partial charge in [0, 0.05) is 50.8 Å². The molecule has 1 aliphatic rings. The van der Waals surface area contributed by atoms with Crippen molar-refractivity contribution in [1.82, 2.24) is 26.6 Å². The van der Waals surface area contributed by atoms with Crippen molar-refractivity contribution >= 4 is 35.8 Å². The summed E-state index contributed by atoms with van der Waals surface area (Å²) < 4.78 is 5.45. The van der Waals surface area contributed by atoms with E-state index in [0.717, 1.165) is 30.8 Å². The summed E-state index contributed by atoms with van der Waals surface area (Å²) in [6, 6.07) is 6.89. The number of hydrogen-bond acceptors (Lipinski definition) is 8. The van der Waals surface area contributed by atoms with Crippen molar-refractivity contribution in [3.63, 3.8) is 0 Å². The quantitative estimate of drug-likeness (QED) is 0.111. The smallest absolute Gasteiger partial charge is 0.243 e. The van der Waals surface area contributed by atoms with Crippen LogP contribution in [0.15, 0.2) is 24.3 Å². The summed E-state index contributed by atoms with van der Waals surface area (Å²) in [5, 5.41) is 15.4. The molecule has 3 atom stereocenters. The van der Waals surface area contributed by atoms with Gasteiger partial charge in [0.25, 0.3) is 0 Å². The molecule has 242 valence electrons. The number of likely N-dealkylation sites (N-methyl/N-ethyl adjacent to an activating group) is 1. The van der Waals surface area contributed by atoms with E-state index >= 15 is 0 Å². The second-order valence-electron chi connectivity index (χ2n) is 11.8. The zero-order valence-corrected chi connectivity index (χ0v) is 27.4. The predicted octanol–water partition coefficient (Wildman–Crippen LogP) is 2.55. The summed E-state index contributed by atoms with van der Waals surface area (Å²) in [4.78, 5) is 50.6. The third kappa shape index (κ3) is 12.6. The van der Waals surface area contributed by atoms with Gasteiger partial charge in [-0.1, -0.05) is 58.4 Å². The largest absolute Gasteiger partial charge is 0.381 e. The van der Waals surface area contributed by atoms with Crippen LogP contribution in [0, 0.1) is 11.8 Å². The van der Waals surface area contributed by atoms with Crippen LogP contribution >= 0.6 is 11.8 Å². The Balaban J connectivity index is 1.91. The molecule has 1 fully saturated rings. The van der Waals surface area contributed by atoms with Crippen LogP contribution in [-0.2, 0) is 36.2 Å². The van der Waals surface area contributed by atoms with Gasteiger partial charge in [-0.25, -0.2) is 0 Å². The minimum absolute atomic E-state index is 0.0750. The van der Waals surface area contributed by atoms with Crippen LogP contribution in [0.3, 0.4) is 0 Å². The zero-order chi connectivity index (χ0) is 31.7. The van der Waals surface area contributed by atoms with Crippen molar-refractivity contribution in [3.05, 3.63) is 35.4 Å². The molecule has 1 aliphatic heterocycles. The van der Waals surface area contributed by atoms with E-state index in [1.807, 2.05) is 33.8 Å². The van der Waals surface area contributed by atoms with Crippen molar-refractivity contribution in [3.8, 4) is 0 Å². The number of amides is 3. The highest BCUT2D eigenvalue weighted by atomic mass is 32.2. The Hall–Kier alpha value is -2.47. The number of ether oxygens (including phenoxy) is 1. The normalized spacial score (nSPS) is 16.6. The fourth-order valence-corrected chi connectivity index (χ4v) is 5.84. The van der Waals surface area contributed by atoms with Gasteiger partial charge in [-0.15, -0.1) is 0 Å². The molecule has 1 aromatic carbocycles. The van der Waals surface area contributed by atoms with E-state index in [1.165, 1.54) is 11.1 Å². The lowest BCUT2D eigenvalue weighted by molar-refractivity contribution is -0.137. The number of nitrogens with one attached hydrogen (secondary N) is 5. The first kappa shape index (κ1) is 36.7. The number of rotatable bonds is 20. The van der Waals surface area contributed by atoms with Crippen molar-refractivity contribution < 1.29 is 23.9 Å². The van der Waals surface area contributed by atoms with E-state index in [2.05, 4.69) is 44.8 Å². The van der Waals surface area contributed by atoms with E-state index < -0.39 is 17.6 Å². The lowest BCUT2D eigenvalue weighted by atomic mass is 9.88. The Labute approximate surface area is 262 Å². The predicted molar refractivity (Wildman–Crippen MR) is 173 cm³/mol. The Kier molecular flexibility index (Phi) is 16.9. The molecule has 0 aliphatic carbocycles. The van der Waals surface area contributed by atoms with E-state index in [4.69, 9.17) is 4.74 Å². The molecule has 1 aromatic rings. The number of carbonyl (C=O) groups is 4. The Morgan fingerprint density at radius 3 is 2.42 bits per heavy atom. The molecule has 11 heteroatoms. The maximum atomic E-state index is 13.5. The molecule has 43 heavy (non-hydrogen) atoms. The second kappa shape index (κ2) is 19.7. The molecule has 5 N–H and O–H groups in total. The molecule has 0 radical (unpaired) electrons. The summed E-state index contributed by atoms with van der Waals surface area (Å²) in [6.45, 7) is 10.8. The van der Waals surface area contributed by atoms with Crippen molar-refractivity contribution in [1.29, 1.82) is 0 Å². The topological polar surface area (TPSA) is 138 Å².